The Morgan fingerprint density at radius 1 is 1.40 bits per heavy atom. The van der Waals surface area contributed by atoms with E-state index in [2.05, 4.69) is 43.0 Å². The zero-order valence-electron chi connectivity index (χ0n) is 9.46. The summed E-state index contributed by atoms with van der Waals surface area (Å²) in [5.41, 5.74) is 2.56. The van der Waals surface area contributed by atoms with Crippen molar-refractivity contribution in [2.45, 2.75) is 39.2 Å². The van der Waals surface area contributed by atoms with Crippen molar-refractivity contribution in [3.63, 3.8) is 0 Å². The summed E-state index contributed by atoms with van der Waals surface area (Å²) in [7, 11) is 0. The number of rotatable bonds is 4. The largest absolute Gasteiger partial charge is 0.392 e. The summed E-state index contributed by atoms with van der Waals surface area (Å²) in [6, 6.07) is 8.41. The standard InChI is InChI=1S/C14H18O/c1-3-4-8-14(15)10-9-13-7-5-6-12(2)11-13/h5-7,11,14-15H,8-10H2,1-2H3. The maximum absolute atomic E-state index is 9.61. The number of aryl methyl sites for hydroxylation is 2. The van der Waals surface area contributed by atoms with Gasteiger partial charge in [-0.15, -0.1) is 11.8 Å². The van der Waals surface area contributed by atoms with Crippen molar-refractivity contribution in [3.8, 4) is 11.8 Å². The van der Waals surface area contributed by atoms with Gasteiger partial charge in [-0.25, -0.2) is 0 Å². The molecule has 0 aliphatic heterocycles. The van der Waals surface area contributed by atoms with Crippen LogP contribution in [0.25, 0.3) is 0 Å². The number of benzene rings is 1. The molecule has 1 heteroatoms. The molecule has 0 amide bonds. The zero-order valence-corrected chi connectivity index (χ0v) is 9.46. The SMILES string of the molecule is CC#CCC(O)CCc1cccc(C)c1. The maximum atomic E-state index is 9.61. The van der Waals surface area contributed by atoms with Crippen LogP contribution in [0.2, 0.25) is 0 Å². The first-order valence-electron chi connectivity index (χ1n) is 5.35. The molecule has 0 bridgehead atoms. The summed E-state index contributed by atoms with van der Waals surface area (Å²) in [5.74, 6) is 5.69. The van der Waals surface area contributed by atoms with E-state index in [4.69, 9.17) is 0 Å². The molecule has 1 aromatic rings. The Kier molecular flexibility index (Phi) is 4.93. The van der Waals surface area contributed by atoms with Gasteiger partial charge >= 0.3 is 0 Å². The van der Waals surface area contributed by atoms with Gasteiger partial charge in [-0.1, -0.05) is 29.8 Å². The minimum Gasteiger partial charge on any atom is -0.392 e. The molecule has 0 heterocycles. The fraction of sp³-hybridized carbons (Fsp3) is 0.429. The molecule has 0 saturated carbocycles. The van der Waals surface area contributed by atoms with E-state index in [1.807, 2.05) is 0 Å². The lowest BCUT2D eigenvalue weighted by atomic mass is 10.0. The summed E-state index contributed by atoms with van der Waals surface area (Å²) in [6.07, 6.45) is 2.01. The van der Waals surface area contributed by atoms with Gasteiger partial charge in [0.2, 0.25) is 0 Å². The maximum Gasteiger partial charge on any atom is 0.0652 e. The van der Waals surface area contributed by atoms with E-state index >= 15 is 0 Å². The quantitative estimate of drug-likeness (QED) is 0.744. The van der Waals surface area contributed by atoms with E-state index in [1.165, 1.54) is 11.1 Å². The smallest absolute Gasteiger partial charge is 0.0652 e. The first kappa shape index (κ1) is 11.8. The van der Waals surface area contributed by atoms with Crippen LogP contribution in [0.15, 0.2) is 24.3 Å². The van der Waals surface area contributed by atoms with Crippen LogP contribution < -0.4 is 0 Å². The fourth-order valence-corrected chi connectivity index (χ4v) is 1.52. The van der Waals surface area contributed by atoms with Gasteiger partial charge in [0.25, 0.3) is 0 Å². The van der Waals surface area contributed by atoms with Crippen LogP contribution in [0.4, 0.5) is 0 Å². The number of hydrogen-bond donors (Lipinski definition) is 1. The molecule has 1 nitrogen and oxygen atoms in total. The van der Waals surface area contributed by atoms with E-state index in [-0.39, 0.29) is 6.10 Å². The average Bonchev–Trinajstić information content (AvgIpc) is 2.23. The van der Waals surface area contributed by atoms with Gasteiger partial charge in [0.05, 0.1) is 6.10 Å². The molecule has 1 rings (SSSR count). The van der Waals surface area contributed by atoms with E-state index < -0.39 is 0 Å². The third-order valence-electron chi connectivity index (χ3n) is 2.36. The molecule has 1 N–H and O–H groups in total. The Morgan fingerprint density at radius 3 is 2.87 bits per heavy atom. The highest BCUT2D eigenvalue weighted by Gasteiger charge is 2.02. The molecular weight excluding hydrogens is 184 g/mol. The summed E-state index contributed by atoms with van der Waals surface area (Å²) < 4.78 is 0. The van der Waals surface area contributed by atoms with Gasteiger partial charge in [0.1, 0.15) is 0 Å². The van der Waals surface area contributed by atoms with Crippen molar-refractivity contribution in [3.05, 3.63) is 35.4 Å². The number of aliphatic hydroxyl groups excluding tert-OH is 1. The van der Waals surface area contributed by atoms with Crippen molar-refractivity contribution >= 4 is 0 Å². The molecule has 0 aromatic heterocycles. The van der Waals surface area contributed by atoms with Gasteiger partial charge in [-0.2, -0.15) is 0 Å². The van der Waals surface area contributed by atoms with Crippen LogP contribution in [-0.2, 0) is 6.42 Å². The highest BCUT2D eigenvalue weighted by molar-refractivity contribution is 5.22. The second-order valence-corrected chi connectivity index (χ2v) is 3.81. The lowest BCUT2D eigenvalue weighted by molar-refractivity contribution is 0.170. The van der Waals surface area contributed by atoms with Crippen molar-refractivity contribution < 1.29 is 5.11 Å². The normalized spacial score (nSPS) is 11.7. The van der Waals surface area contributed by atoms with Crippen LogP contribution in [0.1, 0.15) is 30.9 Å². The first-order chi connectivity index (χ1) is 7.22. The van der Waals surface area contributed by atoms with E-state index in [0.717, 1.165) is 12.8 Å². The molecule has 1 unspecified atom stereocenters. The summed E-state index contributed by atoms with van der Waals surface area (Å²) in [5, 5.41) is 9.61. The highest BCUT2D eigenvalue weighted by atomic mass is 16.3. The van der Waals surface area contributed by atoms with Crippen LogP contribution in [0.5, 0.6) is 0 Å². The van der Waals surface area contributed by atoms with E-state index in [1.54, 1.807) is 6.92 Å². The Morgan fingerprint density at radius 2 is 2.20 bits per heavy atom. The second kappa shape index (κ2) is 6.27. The number of aliphatic hydroxyl groups is 1. The fourth-order valence-electron chi connectivity index (χ4n) is 1.52. The van der Waals surface area contributed by atoms with Crippen molar-refractivity contribution in [2.24, 2.45) is 0 Å². The number of hydrogen-bond acceptors (Lipinski definition) is 1. The minimum atomic E-state index is -0.294. The van der Waals surface area contributed by atoms with Crippen LogP contribution >= 0.6 is 0 Å². The van der Waals surface area contributed by atoms with E-state index in [9.17, 15) is 5.11 Å². The Bertz CT molecular complexity index is 357. The van der Waals surface area contributed by atoms with Gasteiger partial charge in [0, 0.05) is 6.42 Å². The van der Waals surface area contributed by atoms with Gasteiger partial charge in [-0.3, -0.25) is 0 Å². The molecule has 0 radical (unpaired) electrons. The van der Waals surface area contributed by atoms with E-state index in [0.29, 0.717) is 6.42 Å². The molecule has 0 aliphatic carbocycles. The molecule has 1 atom stereocenters. The predicted octanol–water partition coefficient (Wildman–Crippen LogP) is 2.70. The van der Waals surface area contributed by atoms with Crippen LogP contribution in [-0.4, -0.2) is 11.2 Å². The molecule has 0 aliphatic rings. The Hall–Kier alpha value is -1.26. The molecule has 0 saturated heterocycles. The van der Waals surface area contributed by atoms with Gasteiger partial charge < -0.3 is 5.11 Å². The Balaban J connectivity index is 2.38. The summed E-state index contributed by atoms with van der Waals surface area (Å²) in [4.78, 5) is 0. The molecular formula is C14H18O. The van der Waals surface area contributed by atoms with Crippen LogP contribution in [0, 0.1) is 18.8 Å². The lowest BCUT2D eigenvalue weighted by Gasteiger charge is -2.07. The van der Waals surface area contributed by atoms with Crippen molar-refractivity contribution in [1.29, 1.82) is 0 Å². The molecule has 1 aromatic carbocycles. The topological polar surface area (TPSA) is 20.2 Å². The first-order valence-corrected chi connectivity index (χ1v) is 5.35. The van der Waals surface area contributed by atoms with Crippen molar-refractivity contribution in [2.75, 3.05) is 0 Å². The predicted molar refractivity (Wildman–Crippen MR) is 63.6 cm³/mol. The average molecular weight is 202 g/mol. The third kappa shape index (κ3) is 4.67. The molecule has 0 fully saturated rings. The minimum absolute atomic E-state index is 0.294. The summed E-state index contributed by atoms with van der Waals surface area (Å²) >= 11 is 0. The van der Waals surface area contributed by atoms with Gasteiger partial charge in [0.15, 0.2) is 0 Å². The third-order valence-corrected chi connectivity index (χ3v) is 2.36. The Labute approximate surface area is 92.1 Å². The summed E-state index contributed by atoms with van der Waals surface area (Å²) in [6.45, 7) is 3.88. The van der Waals surface area contributed by atoms with Gasteiger partial charge in [-0.05, 0) is 32.3 Å². The zero-order chi connectivity index (χ0) is 11.1. The van der Waals surface area contributed by atoms with Crippen molar-refractivity contribution in [1.82, 2.24) is 0 Å². The second-order valence-electron chi connectivity index (χ2n) is 3.81. The highest BCUT2D eigenvalue weighted by Crippen LogP contribution is 2.09. The van der Waals surface area contributed by atoms with Crippen LogP contribution in [0.3, 0.4) is 0 Å². The lowest BCUT2D eigenvalue weighted by Crippen LogP contribution is -2.06. The molecule has 15 heavy (non-hydrogen) atoms. The molecule has 80 valence electrons. The monoisotopic (exact) mass is 202 g/mol. The molecule has 0 spiro atoms.